The van der Waals surface area contributed by atoms with Gasteiger partial charge in [-0.1, -0.05) is 36.4 Å². The summed E-state index contributed by atoms with van der Waals surface area (Å²) in [5, 5.41) is 23.7. The van der Waals surface area contributed by atoms with Crippen molar-refractivity contribution in [2.75, 3.05) is 19.5 Å². The van der Waals surface area contributed by atoms with Crippen molar-refractivity contribution >= 4 is 27.9 Å². The van der Waals surface area contributed by atoms with Crippen LogP contribution in [0, 0.1) is 0 Å². The summed E-state index contributed by atoms with van der Waals surface area (Å²) in [6, 6.07) is 13.3. The molecule has 2 aromatic heterocycles. The zero-order valence-electron chi connectivity index (χ0n) is 18.0. The number of methoxy groups -OCH3 is 1. The molecule has 172 valence electrons. The number of anilines is 1. The minimum Gasteiger partial charge on any atom is -0.479 e. The average Bonchev–Trinajstić information content (AvgIpc) is 3.32. The van der Waals surface area contributed by atoms with E-state index >= 15 is 0 Å². The third-order valence-corrected chi connectivity index (χ3v) is 5.74. The van der Waals surface area contributed by atoms with Gasteiger partial charge in [0.1, 0.15) is 24.4 Å². The van der Waals surface area contributed by atoms with Gasteiger partial charge in [-0.25, -0.2) is 4.98 Å². The maximum absolute atomic E-state index is 11.1. The Morgan fingerprint density at radius 2 is 1.97 bits per heavy atom. The number of nitrogens with two attached hydrogens (primary N) is 1. The predicted octanol–water partition coefficient (Wildman–Crippen LogP) is 1.59. The number of imidazole rings is 1. The van der Waals surface area contributed by atoms with E-state index in [1.54, 1.807) is 6.07 Å². The molecule has 1 aliphatic rings. The second kappa shape index (κ2) is 8.12. The van der Waals surface area contributed by atoms with Crippen molar-refractivity contribution in [2.45, 2.75) is 31.0 Å². The van der Waals surface area contributed by atoms with E-state index in [1.807, 2.05) is 36.4 Å². The first kappa shape index (κ1) is 21.3. The normalized spacial score (nSPS) is 25.0. The molecule has 5 rings (SSSR count). The molecule has 2 aromatic carbocycles. The van der Waals surface area contributed by atoms with Gasteiger partial charge >= 0.3 is 0 Å². The van der Waals surface area contributed by atoms with Crippen molar-refractivity contribution in [3.8, 4) is 11.6 Å². The van der Waals surface area contributed by atoms with Gasteiger partial charge in [0.15, 0.2) is 23.1 Å². The number of benzene rings is 2. The maximum Gasteiger partial charge on any atom is 0.246 e. The molecule has 0 amide bonds. The fourth-order valence-electron chi connectivity index (χ4n) is 4.03. The number of aromatic nitrogens is 4. The van der Waals surface area contributed by atoms with Crippen LogP contribution in [0.4, 0.5) is 5.95 Å². The van der Waals surface area contributed by atoms with E-state index in [0.717, 1.165) is 10.8 Å². The minimum atomic E-state index is -1.69. The number of ether oxygens (including phenoxy) is 2. The summed E-state index contributed by atoms with van der Waals surface area (Å²) in [6.45, 7) is 1.33. The molecule has 3 heterocycles. The first-order valence-electron chi connectivity index (χ1n) is 10.3. The van der Waals surface area contributed by atoms with Crippen LogP contribution in [0.5, 0.6) is 11.6 Å². The molecule has 4 aromatic rings. The highest BCUT2D eigenvalue weighted by atomic mass is 17.2. The zero-order chi connectivity index (χ0) is 23.2. The van der Waals surface area contributed by atoms with E-state index in [1.165, 1.54) is 24.9 Å². The van der Waals surface area contributed by atoms with E-state index in [0.29, 0.717) is 16.9 Å². The van der Waals surface area contributed by atoms with Crippen LogP contribution in [-0.4, -0.2) is 61.3 Å². The van der Waals surface area contributed by atoms with Gasteiger partial charge in [0.25, 0.3) is 0 Å². The van der Waals surface area contributed by atoms with Crippen LogP contribution in [0.15, 0.2) is 48.8 Å². The van der Waals surface area contributed by atoms with Crippen LogP contribution in [-0.2, 0) is 9.62 Å². The number of hydrogen-bond donors (Lipinski definition) is 3. The number of aliphatic hydroxyl groups excluding tert-OH is 1. The van der Waals surface area contributed by atoms with Gasteiger partial charge in [0.2, 0.25) is 11.8 Å². The molecule has 0 spiro atoms. The van der Waals surface area contributed by atoms with E-state index < -0.39 is 24.0 Å². The van der Waals surface area contributed by atoms with Crippen molar-refractivity contribution in [1.29, 1.82) is 0 Å². The molecular formula is C22H23N5O6. The number of aliphatic hydroxyl groups is 2. The largest absolute Gasteiger partial charge is 0.479 e. The topological polar surface area (TPSA) is 147 Å². The third-order valence-electron chi connectivity index (χ3n) is 5.74. The van der Waals surface area contributed by atoms with Gasteiger partial charge in [0.05, 0.1) is 13.4 Å². The lowest BCUT2D eigenvalue weighted by atomic mass is 9.96. The second-order valence-electron chi connectivity index (χ2n) is 7.96. The van der Waals surface area contributed by atoms with Crippen LogP contribution in [0.1, 0.15) is 13.2 Å². The van der Waals surface area contributed by atoms with Gasteiger partial charge in [0, 0.05) is 5.39 Å². The Bertz CT molecular complexity index is 1300. The average molecular weight is 453 g/mol. The van der Waals surface area contributed by atoms with E-state index in [9.17, 15) is 10.2 Å². The van der Waals surface area contributed by atoms with Crippen LogP contribution in [0.2, 0.25) is 0 Å². The lowest BCUT2D eigenvalue weighted by molar-refractivity contribution is -0.232. The number of nitrogens with zero attached hydrogens (tertiary/aromatic N) is 4. The van der Waals surface area contributed by atoms with Gasteiger partial charge in [-0.3, -0.25) is 4.57 Å². The Labute approximate surface area is 188 Å². The van der Waals surface area contributed by atoms with Crippen LogP contribution in [0.3, 0.4) is 0 Å². The van der Waals surface area contributed by atoms with Crippen molar-refractivity contribution in [3.63, 3.8) is 0 Å². The number of hydrogen-bond acceptors (Lipinski definition) is 10. The third kappa shape index (κ3) is 3.60. The summed E-state index contributed by atoms with van der Waals surface area (Å²) in [4.78, 5) is 23.3. The molecule has 0 radical (unpaired) electrons. The molecule has 1 saturated heterocycles. The minimum absolute atomic E-state index is 0.0253. The Morgan fingerprint density at radius 1 is 1.18 bits per heavy atom. The summed E-state index contributed by atoms with van der Waals surface area (Å²) >= 11 is 0. The Kier molecular flexibility index (Phi) is 5.25. The highest BCUT2D eigenvalue weighted by molar-refractivity contribution is 5.88. The van der Waals surface area contributed by atoms with E-state index in [2.05, 4.69) is 15.0 Å². The Hall–Kier alpha value is -3.51. The number of fused-ring (bicyclic) bond motifs is 2. The fourth-order valence-corrected chi connectivity index (χ4v) is 4.03. The molecule has 1 aliphatic heterocycles. The molecule has 33 heavy (non-hydrogen) atoms. The van der Waals surface area contributed by atoms with Crippen LogP contribution in [0.25, 0.3) is 21.9 Å². The van der Waals surface area contributed by atoms with Crippen molar-refractivity contribution in [1.82, 2.24) is 19.5 Å². The lowest BCUT2D eigenvalue weighted by Gasteiger charge is -2.27. The zero-order valence-corrected chi connectivity index (χ0v) is 18.0. The first-order valence-corrected chi connectivity index (χ1v) is 10.3. The number of rotatable bonds is 6. The summed E-state index contributed by atoms with van der Waals surface area (Å²) < 4.78 is 12.6. The van der Waals surface area contributed by atoms with Crippen molar-refractivity contribution in [3.05, 3.63) is 48.8 Å². The second-order valence-corrected chi connectivity index (χ2v) is 7.96. The highest BCUT2D eigenvalue weighted by Crippen LogP contribution is 2.40. The summed E-state index contributed by atoms with van der Waals surface area (Å²) in [5.74, 6) is 0.698. The SMILES string of the molecule is COc1nc(N)nc2c1ncn2C1OC(COOc2cccc3ccccc23)C(O)C1(C)O. The van der Waals surface area contributed by atoms with Gasteiger partial charge in [-0.05, 0) is 18.4 Å². The quantitative estimate of drug-likeness (QED) is 0.290. The molecule has 4 unspecified atom stereocenters. The molecule has 0 saturated carbocycles. The number of nitrogen functional groups attached to an aromatic ring is 1. The van der Waals surface area contributed by atoms with Crippen molar-refractivity contribution in [2.24, 2.45) is 0 Å². The smallest absolute Gasteiger partial charge is 0.246 e. The van der Waals surface area contributed by atoms with Crippen LogP contribution < -0.4 is 15.4 Å². The Balaban J connectivity index is 1.35. The molecule has 11 heteroatoms. The van der Waals surface area contributed by atoms with E-state index in [-0.39, 0.29) is 18.4 Å². The predicted molar refractivity (Wildman–Crippen MR) is 117 cm³/mol. The van der Waals surface area contributed by atoms with E-state index in [4.69, 9.17) is 25.0 Å². The molecule has 0 bridgehead atoms. The van der Waals surface area contributed by atoms with Crippen LogP contribution >= 0.6 is 0 Å². The van der Waals surface area contributed by atoms with Gasteiger partial charge in [-0.2, -0.15) is 14.9 Å². The van der Waals surface area contributed by atoms with Crippen molar-refractivity contribution < 1.29 is 29.5 Å². The first-order chi connectivity index (χ1) is 15.9. The molecule has 11 nitrogen and oxygen atoms in total. The fraction of sp³-hybridized carbons (Fsp3) is 0.318. The molecule has 4 N–H and O–H groups in total. The standard InChI is InChI=1S/C22H23N5O6/c1-22(29)17(28)15(10-31-33-14-9-5-7-12-6-3-4-8-13(12)14)32-20(22)27-11-24-16-18(27)25-21(23)26-19(16)30-2/h3-9,11,15,17,20,28-29H,10H2,1-2H3,(H2,23,25,26). The summed E-state index contributed by atoms with van der Waals surface area (Å²) in [7, 11) is 1.44. The Morgan fingerprint density at radius 3 is 2.79 bits per heavy atom. The molecule has 4 atom stereocenters. The molecule has 0 aliphatic carbocycles. The van der Waals surface area contributed by atoms with Gasteiger partial charge < -0.3 is 30.3 Å². The lowest BCUT2D eigenvalue weighted by Crippen LogP contribution is -2.44. The summed E-state index contributed by atoms with van der Waals surface area (Å²) in [5.41, 5.74) is 4.73. The highest BCUT2D eigenvalue weighted by Gasteiger charge is 2.53. The molecule has 1 fully saturated rings. The van der Waals surface area contributed by atoms with Gasteiger partial charge in [-0.15, -0.1) is 0 Å². The molecular weight excluding hydrogens is 430 g/mol. The summed E-state index contributed by atoms with van der Waals surface area (Å²) in [6.07, 6.45) is -1.78. The maximum atomic E-state index is 11.1. The monoisotopic (exact) mass is 453 g/mol.